The Hall–Kier alpha value is -3.31. The van der Waals surface area contributed by atoms with Crippen molar-refractivity contribution in [2.45, 2.75) is 70.2 Å². The molecule has 0 aliphatic carbocycles. The van der Waals surface area contributed by atoms with Crippen molar-refractivity contribution >= 4 is 34.6 Å². The molecule has 41 heavy (non-hydrogen) atoms. The molecule has 0 radical (unpaired) electrons. The SMILES string of the molecule is CCOC(=O)C(CNC(=O)CCCCc1ccc2c(n1)NCCC2)NC(=O)C1(C)CN(S(=O)c2cccc(C)c2)C1. The Labute approximate surface area is 244 Å². The van der Waals surface area contributed by atoms with Gasteiger partial charge in [0.2, 0.25) is 11.8 Å². The summed E-state index contributed by atoms with van der Waals surface area (Å²) in [5, 5.41) is 8.87. The number of anilines is 1. The fourth-order valence-electron chi connectivity index (χ4n) is 5.04. The number of unbranched alkanes of at least 4 members (excludes halogenated alkanes) is 1. The Kier molecular flexibility index (Phi) is 10.5. The van der Waals surface area contributed by atoms with Crippen LogP contribution in [-0.4, -0.2) is 70.1 Å². The number of nitrogens with one attached hydrogen (secondary N) is 3. The molecule has 10 nitrogen and oxygen atoms in total. The van der Waals surface area contributed by atoms with Crippen LogP contribution in [0.1, 0.15) is 56.4 Å². The molecule has 4 rings (SSSR count). The van der Waals surface area contributed by atoms with Crippen LogP contribution in [0.2, 0.25) is 0 Å². The molecule has 2 unspecified atom stereocenters. The summed E-state index contributed by atoms with van der Waals surface area (Å²) in [6.45, 7) is 7.03. The smallest absolute Gasteiger partial charge is 0.330 e. The van der Waals surface area contributed by atoms with Crippen LogP contribution in [0.15, 0.2) is 41.3 Å². The number of nitrogens with zero attached hydrogens (tertiary/aromatic N) is 2. The molecular formula is C30H41N5O5S. The van der Waals surface area contributed by atoms with E-state index < -0.39 is 28.4 Å². The number of carbonyl (C=O) groups is 3. The lowest BCUT2D eigenvalue weighted by Crippen LogP contribution is -2.64. The molecule has 2 atom stereocenters. The van der Waals surface area contributed by atoms with Gasteiger partial charge in [-0.2, -0.15) is 0 Å². The van der Waals surface area contributed by atoms with Gasteiger partial charge >= 0.3 is 5.97 Å². The van der Waals surface area contributed by atoms with Crippen molar-refractivity contribution in [3.63, 3.8) is 0 Å². The number of hydrogen-bond donors (Lipinski definition) is 3. The quantitative estimate of drug-likeness (QED) is 0.244. The average Bonchev–Trinajstić information content (AvgIpc) is 2.95. The summed E-state index contributed by atoms with van der Waals surface area (Å²) < 4.78 is 19.8. The second-order valence-corrected chi connectivity index (χ2v) is 12.5. The normalized spacial score (nSPS) is 17.2. The highest BCUT2D eigenvalue weighted by Crippen LogP contribution is 2.33. The third-order valence-electron chi connectivity index (χ3n) is 7.44. The van der Waals surface area contributed by atoms with Crippen LogP contribution in [0.3, 0.4) is 0 Å². The van der Waals surface area contributed by atoms with Crippen LogP contribution in [0.25, 0.3) is 0 Å². The van der Waals surface area contributed by atoms with Crippen LogP contribution < -0.4 is 16.0 Å². The first-order valence-electron chi connectivity index (χ1n) is 14.4. The Morgan fingerprint density at radius 2 is 2.00 bits per heavy atom. The van der Waals surface area contributed by atoms with Crippen molar-refractivity contribution < 1.29 is 23.3 Å². The monoisotopic (exact) mass is 583 g/mol. The van der Waals surface area contributed by atoms with Crippen LogP contribution in [0.5, 0.6) is 0 Å². The number of rotatable bonds is 13. The molecule has 3 heterocycles. The van der Waals surface area contributed by atoms with E-state index in [1.807, 2.05) is 25.1 Å². The molecular weight excluding hydrogens is 542 g/mol. The van der Waals surface area contributed by atoms with E-state index in [0.29, 0.717) is 17.7 Å². The highest BCUT2D eigenvalue weighted by molar-refractivity contribution is 7.82. The summed E-state index contributed by atoms with van der Waals surface area (Å²) in [7, 11) is -1.37. The van der Waals surface area contributed by atoms with Crippen molar-refractivity contribution in [3.05, 3.63) is 53.2 Å². The molecule has 2 aliphatic rings. The van der Waals surface area contributed by atoms with Crippen molar-refractivity contribution in [2.24, 2.45) is 5.41 Å². The molecule has 222 valence electrons. The first kappa shape index (κ1) is 30.6. The number of aryl methyl sites for hydroxylation is 3. The second-order valence-electron chi connectivity index (χ2n) is 11.1. The summed E-state index contributed by atoms with van der Waals surface area (Å²) in [6, 6.07) is 10.7. The Morgan fingerprint density at radius 1 is 1.20 bits per heavy atom. The van der Waals surface area contributed by atoms with Gasteiger partial charge < -0.3 is 20.7 Å². The summed E-state index contributed by atoms with van der Waals surface area (Å²) in [5.41, 5.74) is 2.46. The van der Waals surface area contributed by atoms with E-state index in [2.05, 4.69) is 28.1 Å². The first-order chi connectivity index (χ1) is 19.7. The number of aromatic nitrogens is 1. The number of pyridine rings is 1. The number of benzene rings is 1. The Balaban J connectivity index is 1.22. The van der Waals surface area contributed by atoms with Gasteiger partial charge in [0.25, 0.3) is 0 Å². The van der Waals surface area contributed by atoms with Gasteiger partial charge in [0, 0.05) is 38.3 Å². The predicted molar refractivity (Wildman–Crippen MR) is 157 cm³/mol. The zero-order valence-corrected chi connectivity index (χ0v) is 25.0. The standard InChI is InChI=1S/C30H41N5O5S/c1-4-40-28(37)25(34-29(38)30(3)19-35(20-30)41(39)24-12-7-9-21(2)17-24)18-32-26(36)13-6-5-11-23-15-14-22-10-8-16-31-27(22)33-23/h7,9,12,14-15,17,25H,4-6,8,10-11,13,16,18-20H2,1-3H3,(H,31,33)(H,32,36)(H,34,38). The molecule has 1 saturated heterocycles. The number of ether oxygens (including phenoxy) is 1. The van der Waals surface area contributed by atoms with Gasteiger partial charge in [-0.15, -0.1) is 0 Å². The van der Waals surface area contributed by atoms with Crippen LogP contribution in [0.4, 0.5) is 5.82 Å². The van der Waals surface area contributed by atoms with Crippen molar-refractivity contribution in [1.29, 1.82) is 0 Å². The van der Waals surface area contributed by atoms with Crippen LogP contribution in [-0.2, 0) is 42.9 Å². The van der Waals surface area contributed by atoms with Gasteiger partial charge in [0.1, 0.15) is 22.8 Å². The topological polar surface area (TPSA) is 130 Å². The summed E-state index contributed by atoms with van der Waals surface area (Å²) in [6.07, 6.45) is 4.77. The molecule has 1 aromatic heterocycles. The van der Waals surface area contributed by atoms with Gasteiger partial charge in [-0.3, -0.25) is 9.59 Å². The lowest BCUT2D eigenvalue weighted by Gasteiger charge is -2.45. The average molecular weight is 584 g/mol. The molecule has 2 aliphatic heterocycles. The third kappa shape index (κ3) is 8.13. The first-order valence-corrected chi connectivity index (χ1v) is 15.5. The maximum absolute atomic E-state index is 13.1. The number of fused-ring (bicyclic) bond motifs is 1. The van der Waals surface area contributed by atoms with E-state index in [-0.39, 0.29) is 38.1 Å². The summed E-state index contributed by atoms with van der Waals surface area (Å²) in [4.78, 5) is 43.6. The Morgan fingerprint density at radius 3 is 2.76 bits per heavy atom. The summed E-state index contributed by atoms with van der Waals surface area (Å²) >= 11 is 0. The van der Waals surface area contributed by atoms with Gasteiger partial charge in [-0.05, 0) is 82.2 Å². The molecule has 2 aromatic rings. The largest absolute Gasteiger partial charge is 0.464 e. The maximum atomic E-state index is 13.1. The number of carbonyl (C=O) groups excluding carboxylic acids is 3. The van der Waals surface area contributed by atoms with Crippen LogP contribution >= 0.6 is 0 Å². The van der Waals surface area contributed by atoms with E-state index in [9.17, 15) is 18.6 Å². The third-order valence-corrected chi connectivity index (χ3v) is 8.83. The van der Waals surface area contributed by atoms with Gasteiger partial charge in [0.15, 0.2) is 0 Å². The summed E-state index contributed by atoms with van der Waals surface area (Å²) in [5.74, 6) is -0.157. The van der Waals surface area contributed by atoms with E-state index >= 15 is 0 Å². The molecule has 3 N–H and O–H groups in total. The fourth-order valence-corrected chi connectivity index (χ4v) is 6.62. The molecule has 2 amide bonds. The highest BCUT2D eigenvalue weighted by Gasteiger charge is 2.48. The zero-order valence-electron chi connectivity index (χ0n) is 24.2. The predicted octanol–water partition coefficient (Wildman–Crippen LogP) is 2.67. The number of esters is 1. The maximum Gasteiger partial charge on any atom is 0.330 e. The highest BCUT2D eigenvalue weighted by atomic mass is 32.2. The molecule has 1 fully saturated rings. The van der Waals surface area contributed by atoms with E-state index in [0.717, 1.165) is 49.3 Å². The molecule has 1 aromatic carbocycles. The van der Waals surface area contributed by atoms with E-state index in [1.54, 1.807) is 24.2 Å². The minimum atomic E-state index is -1.37. The molecule has 0 saturated carbocycles. The van der Waals surface area contributed by atoms with E-state index in [4.69, 9.17) is 9.72 Å². The van der Waals surface area contributed by atoms with Crippen molar-refractivity contribution in [1.82, 2.24) is 19.9 Å². The second kappa shape index (κ2) is 14.0. The van der Waals surface area contributed by atoms with Gasteiger partial charge in [-0.25, -0.2) is 18.3 Å². The molecule has 0 bridgehead atoms. The van der Waals surface area contributed by atoms with Crippen molar-refractivity contribution in [3.8, 4) is 0 Å². The molecule has 0 spiro atoms. The number of amides is 2. The molecule has 11 heteroatoms. The van der Waals surface area contributed by atoms with E-state index in [1.165, 1.54) is 5.56 Å². The fraction of sp³-hybridized carbons (Fsp3) is 0.533. The lowest BCUT2D eigenvalue weighted by molar-refractivity contribution is -0.150. The zero-order chi connectivity index (χ0) is 29.4. The number of hydrogen-bond acceptors (Lipinski definition) is 7. The minimum Gasteiger partial charge on any atom is -0.464 e. The van der Waals surface area contributed by atoms with Gasteiger partial charge in [0.05, 0.1) is 16.9 Å². The minimum absolute atomic E-state index is 0.0591. The van der Waals surface area contributed by atoms with Crippen LogP contribution in [0, 0.1) is 12.3 Å². The Bertz CT molecular complexity index is 1280. The van der Waals surface area contributed by atoms with Crippen molar-refractivity contribution in [2.75, 3.05) is 38.1 Å². The lowest BCUT2D eigenvalue weighted by atomic mass is 9.83. The van der Waals surface area contributed by atoms with Gasteiger partial charge in [-0.1, -0.05) is 18.2 Å².